The zero-order valence-corrected chi connectivity index (χ0v) is 36.0. The smallest absolute Gasteiger partial charge is 0.0547 e. The molecule has 0 fully saturated rings. The normalized spacial score (nSPS) is 11.9. The first-order chi connectivity index (χ1) is 32.7. The zero-order chi connectivity index (χ0) is 43.3. The van der Waals surface area contributed by atoms with Gasteiger partial charge in [0.25, 0.3) is 0 Å². The molecule has 2 heteroatoms. The van der Waals surface area contributed by atoms with Gasteiger partial charge < -0.3 is 9.13 Å². The topological polar surface area (TPSA) is 9.86 Å². The van der Waals surface area contributed by atoms with Gasteiger partial charge in [-0.05, 0) is 149 Å². The van der Waals surface area contributed by atoms with E-state index in [1.807, 2.05) is 0 Å². The van der Waals surface area contributed by atoms with Crippen LogP contribution in [-0.4, -0.2) is 9.13 Å². The van der Waals surface area contributed by atoms with E-state index in [2.05, 4.69) is 252 Å². The minimum atomic E-state index is 1.14. The molecule has 0 atom stereocenters. The summed E-state index contributed by atoms with van der Waals surface area (Å²) < 4.78 is 4.87. The van der Waals surface area contributed by atoms with Crippen molar-refractivity contribution in [1.29, 1.82) is 0 Å². The van der Waals surface area contributed by atoms with Crippen LogP contribution >= 0.6 is 0 Å². The predicted octanol–water partition coefficient (Wildman–Crippen LogP) is 17.5. The van der Waals surface area contributed by atoms with Gasteiger partial charge in [0.1, 0.15) is 0 Å². The molecule has 12 aromatic carbocycles. The molecule has 0 bridgehead atoms. The molecule has 0 amide bonds. The Morgan fingerprint density at radius 1 is 0.197 bits per heavy atom. The third-order valence-electron chi connectivity index (χ3n) is 14.1. The van der Waals surface area contributed by atoms with Crippen LogP contribution in [0.5, 0.6) is 0 Å². The van der Waals surface area contributed by atoms with Crippen LogP contribution in [-0.2, 0) is 0 Å². The Morgan fingerprint density at radius 2 is 0.515 bits per heavy atom. The molecule has 14 rings (SSSR count). The minimum Gasteiger partial charge on any atom is -0.309 e. The quantitative estimate of drug-likeness (QED) is 0.163. The molecule has 2 aromatic heterocycles. The molecule has 0 saturated carbocycles. The van der Waals surface area contributed by atoms with E-state index >= 15 is 0 Å². The van der Waals surface area contributed by atoms with Gasteiger partial charge in [-0.2, -0.15) is 0 Å². The van der Waals surface area contributed by atoms with Gasteiger partial charge in [-0.15, -0.1) is 0 Å². The van der Waals surface area contributed by atoms with Crippen LogP contribution in [0.25, 0.3) is 131 Å². The average molecular weight is 837 g/mol. The van der Waals surface area contributed by atoms with Crippen molar-refractivity contribution < 1.29 is 0 Å². The lowest BCUT2D eigenvalue weighted by atomic mass is 9.98. The maximum absolute atomic E-state index is 2.44. The van der Waals surface area contributed by atoms with Gasteiger partial charge in [0.05, 0.1) is 22.1 Å². The highest BCUT2D eigenvalue weighted by atomic mass is 15.0. The van der Waals surface area contributed by atoms with Crippen LogP contribution in [0.15, 0.2) is 243 Å². The Labute approximate surface area is 381 Å². The first kappa shape index (κ1) is 36.7. The van der Waals surface area contributed by atoms with Crippen LogP contribution < -0.4 is 0 Å². The monoisotopic (exact) mass is 836 g/mol. The number of aromatic nitrogens is 2. The Kier molecular flexibility index (Phi) is 8.02. The largest absolute Gasteiger partial charge is 0.309 e. The summed E-state index contributed by atoms with van der Waals surface area (Å²) in [5.41, 5.74) is 14.4. The summed E-state index contributed by atoms with van der Waals surface area (Å²) in [4.78, 5) is 0. The Balaban J connectivity index is 0.856. The SMILES string of the molecule is c1ccc2cc(-c3ccc4c(c3)c3c5ccccc5ccc3n4-c3ccc(-c4ccc(-n5c6ccc(-c7ccc8ccccc8c7)cc6c6c7ccccc7ccc65)cc4)cc3)ccc2c1. The lowest BCUT2D eigenvalue weighted by Crippen LogP contribution is -1.95. The molecule has 0 N–H and O–H groups in total. The number of hydrogen-bond donors (Lipinski definition) is 0. The van der Waals surface area contributed by atoms with E-state index in [1.165, 1.54) is 120 Å². The van der Waals surface area contributed by atoms with Crippen LogP contribution in [0.2, 0.25) is 0 Å². The minimum absolute atomic E-state index is 1.14. The van der Waals surface area contributed by atoms with Crippen molar-refractivity contribution in [3.63, 3.8) is 0 Å². The van der Waals surface area contributed by atoms with Crippen molar-refractivity contribution in [1.82, 2.24) is 9.13 Å². The Hall–Kier alpha value is -8.72. The molecule has 0 aliphatic carbocycles. The second-order valence-corrected chi connectivity index (χ2v) is 17.7. The molecular formula is C64H40N2. The van der Waals surface area contributed by atoms with E-state index in [9.17, 15) is 0 Å². The van der Waals surface area contributed by atoms with Gasteiger partial charge >= 0.3 is 0 Å². The fourth-order valence-corrected chi connectivity index (χ4v) is 10.8. The van der Waals surface area contributed by atoms with E-state index in [0.717, 1.165) is 11.4 Å². The third-order valence-corrected chi connectivity index (χ3v) is 14.1. The number of rotatable bonds is 5. The van der Waals surface area contributed by atoms with E-state index in [-0.39, 0.29) is 0 Å². The zero-order valence-electron chi connectivity index (χ0n) is 36.0. The summed E-state index contributed by atoms with van der Waals surface area (Å²) in [7, 11) is 0. The van der Waals surface area contributed by atoms with Crippen LogP contribution in [0, 0.1) is 0 Å². The van der Waals surface area contributed by atoms with E-state index in [1.54, 1.807) is 0 Å². The second kappa shape index (κ2) is 14.4. The highest BCUT2D eigenvalue weighted by molar-refractivity contribution is 6.23. The van der Waals surface area contributed by atoms with E-state index < -0.39 is 0 Å². The number of fused-ring (bicyclic) bond motifs is 12. The highest BCUT2D eigenvalue weighted by Gasteiger charge is 2.18. The molecule has 2 heterocycles. The molecule has 0 aliphatic rings. The van der Waals surface area contributed by atoms with Crippen molar-refractivity contribution in [3.05, 3.63) is 243 Å². The van der Waals surface area contributed by atoms with Crippen molar-refractivity contribution in [2.24, 2.45) is 0 Å². The lowest BCUT2D eigenvalue weighted by Gasteiger charge is -2.12. The lowest BCUT2D eigenvalue weighted by molar-refractivity contribution is 1.18. The molecule has 66 heavy (non-hydrogen) atoms. The third kappa shape index (κ3) is 5.68. The van der Waals surface area contributed by atoms with Crippen molar-refractivity contribution in [2.75, 3.05) is 0 Å². The summed E-state index contributed by atoms with van der Waals surface area (Å²) in [6.07, 6.45) is 0. The van der Waals surface area contributed by atoms with Crippen molar-refractivity contribution in [2.45, 2.75) is 0 Å². The summed E-state index contributed by atoms with van der Waals surface area (Å²) in [5, 5.41) is 15.2. The molecule has 0 saturated heterocycles. The number of hydrogen-bond acceptors (Lipinski definition) is 0. The summed E-state index contributed by atoms with van der Waals surface area (Å²) in [6.45, 7) is 0. The van der Waals surface area contributed by atoms with Crippen LogP contribution in [0.1, 0.15) is 0 Å². The molecule has 14 aromatic rings. The maximum Gasteiger partial charge on any atom is 0.0547 e. The molecule has 0 aliphatic heterocycles. The van der Waals surface area contributed by atoms with Crippen LogP contribution in [0.3, 0.4) is 0 Å². The average Bonchev–Trinajstić information content (AvgIpc) is 3.91. The van der Waals surface area contributed by atoms with Crippen molar-refractivity contribution in [3.8, 4) is 44.8 Å². The Morgan fingerprint density at radius 3 is 0.955 bits per heavy atom. The number of benzene rings is 12. The standard InChI is InChI=1S/C64H40N2/c1-3-13-47-37-49(19-17-41(47)9-1)51-27-33-59-57(39-51)63-55-15-7-5-11-45(55)25-35-61(63)65(59)53-29-21-43(22-30-53)44-23-31-54(32-24-44)66-60-34-28-52(50-20-18-42-10-2-4-14-48(42)38-50)40-58(60)64-56-16-8-6-12-46(56)26-36-62(64)66/h1-40H. The fourth-order valence-electron chi connectivity index (χ4n) is 10.8. The highest BCUT2D eigenvalue weighted by Crippen LogP contribution is 2.42. The second-order valence-electron chi connectivity index (χ2n) is 17.7. The molecule has 0 unspecified atom stereocenters. The molecule has 0 radical (unpaired) electrons. The van der Waals surface area contributed by atoms with Gasteiger partial charge in [0.2, 0.25) is 0 Å². The molecule has 306 valence electrons. The van der Waals surface area contributed by atoms with Gasteiger partial charge in [0.15, 0.2) is 0 Å². The summed E-state index contributed by atoms with van der Waals surface area (Å²) in [5.74, 6) is 0. The van der Waals surface area contributed by atoms with Crippen molar-refractivity contribution >= 4 is 86.7 Å². The Bertz CT molecular complexity index is 3980. The van der Waals surface area contributed by atoms with Gasteiger partial charge in [-0.1, -0.05) is 170 Å². The fraction of sp³-hybridized carbons (Fsp3) is 0. The molecule has 0 spiro atoms. The molecule has 2 nitrogen and oxygen atoms in total. The summed E-state index contributed by atoms with van der Waals surface area (Å²) in [6, 6.07) is 89.6. The summed E-state index contributed by atoms with van der Waals surface area (Å²) >= 11 is 0. The molecular weight excluding hydrogens is 797 g/mol. The maximum atomic E-state index is 2.44. The van der Waals surface area contributed by atoms with Gasteiger partial charge in [-0.3, -0.25) is 0 Å². The first-order valence-electron chi connectivity index (χ1n) is 22.8. The van der Waals surface area contributed by atoms with Gasteiger partial charge in [0, 0.05) is 32.9 Å². The predicted molar refractivity (Wildman–Crippen MR) is 281 cm³/mol. The van der Waals surface area contributed by atoms with E-state index in [4.69, 9.17) is 0 Å². The van der Waals surface area contributed by atoms with Crippen LogP contribution in [0.4, 0.5) is 0 Å². The number of nitrogens with zero attached hydrogens (tertiary/aromatic N) is 2. The van der Waals surface area contributed by atoms with Gasteiger partial charge in [-0.25, -0.2) is 0 Å². The van der Waals surface area contributed by atoms with E-state index in [0.29, 0.717) is 0 Å². The first-order valence-corrected chi connectivity index (χ1v) is 22.8.